The molecule has 0 bridgehead atoms. The molecule has 90 valence electrons. The van der Waals surface area contributed by atoms with E-state index in [4.69, 9.17) is 11.6 Å². The molecule has 0 aliphatic carbocycles. The Morgan fingerprint density at radius 3 is 2.67 bits per heavy atom. The molecule has 0 saturated heterocycles. The van der Waals surface area contributed by atoms with Crippen molar-refractivity contribution in [3.8, 4) is 5.69 Å². The molecular weight excluding hydrogens is 250 g/mol. The molecule has 3 aromatic rings. The Morgan fingerprint density at radius 2 is 1.94 bits per heavy atom. The first-order valence-electron chi connectivity index (χ1n) is 5.63. The highest BCUT2D eigenvalue weighted by atomic mass is 35.5. The summed E-state index contributed by atoms with van der Waals surface area (Å²) in [6, 6.07) is 9.70. The maximum Gasteiger partial charge on any atom is 0.188 e. The van der Waals surface area contributed by atoms with Crippen LogP contribution in [0.4, 0.5) is 0 Å². The zero-order chi connectivity index (χ0) is 12.5. The summed E-state index contributed by atoms with van der Waals surface area (Å²) in [4.78, 5) is 8.60. The van der Waals surface area contributed by atoms with Crippen molar-refractivity contribution in [3.05, 3.63) is 41.3 Å². The van der Waals surface area contributed by atoms with E-state index in [9.17, 15) is 0 Å². The Labute approximate surface area is 108 Å². The molecule has 2 heterocycles. The third-order valence-corrected chi connectivity index (χ3v) is 2.88. The molecule has 0 saturated carbocycles. The van der Waals surface area contributed by atoms with Gasteiger partial charge in [0, 0.05) is 6.42 Å². The third-order valence-electron chi connectivity index (χ3n) is 2.62. The topological polar surface area (TPSA) is 56.5 Å². The van der Waals surface area contributed by atoms with Crippen LogP contribution in [-0.4, -0.2) is 25.0 Å². The summed E-state index contributed by atoms with van der Waals surface area (Å²) in [6.07, 6.45) is 0.718. The lowest BCUT2D eigenvalue weighted by molar-refractivity contribution is 0.813. The van der Waals surface area contributed by atoms with Crippen molar-refractivity contribution >= 4 is 22.8 Å². The largest absolute Gasteiger partial charge is 0.219 e. The summed E-state index contributed by atoms with van der Waals surface area (Å²) in [5, 5.41) is 8.45. The number of halogens is 1. The van der Waals surface area contributed by atoms with Crippen LogP contribution in [0.2, 0.25) is 5.15 Å². The number of aromatic nitrogens is 5. The maximum absolute atomic E-state index is 6.07. The summed E-state index contributed by atoms with van der Waals surface area (Å²) in [6.45, 7) is 1.98. The fourth-order valence-electron chi connectivity index (χ4n) is 1.73. The smallest absolute Gasteiger partial charge is 0.188 e. The normalized spacial score (nSPS) is 11.0. The monoisotopic (exact) mass is 259 g/mol. The van der Waals surface area contributed by atoms with Crippen LogP contribution in [0.1, 0.15) is 12.7 Å². The van der Waals surface area contributed by atoms with Gasteiger partial charge in [0.05, 0.1) is 5.69 Å². The average molecular weight is 260 g/mol. The minimum absolute atomic E-state index is 0.346. The molecule has 0 aliphatic rings. The molecule has 0 spiro atoms. The summed E-state index contributed by atoms with van der Waals surface area (Å²) in [7, 11) is 0. The average Bonchev–Trinajstić information content (AvgIpc) is 2.84. The SMILES string of the molecule is CCc1nc(Cl)c2nnn(-c3ccccc3)c2n1. The van der Waals surface area contributed by atoms with Crippen molar-refractivity contribution < 1.29 is 0 Å². The van der Waals surface area contributed by atoms with Crippen molar-refractivity contribution in [2.75, 3.05) is 0 Å². The number of aryl methyl sites for hydroxylation is 1. The van der Waals surface area contributed by atoms with Crippen molar-refractivity contribution in [3.63, 3.8) is 0 Å². The lowest BCUT2D eigenvalue weighted by Crippen LogP contribution is -2.00. The Bertz CT molecular complexity index is 692. The number of fused-ring (bicyclic) bond motifs is 1. The first kappa shape index (κ1) is 11.1. The Morgan fingerprint density at radius 1 is 1.17 bits per heavy atom. The molecule has 3 rings (SSSR count). The molecule has 0 radical (unpaired) electrons. The first-order chi connectivity index (χ1) is 8.79. The van der Waals surface area contributed by atoms with E-state index in [1.807, 2.05) is 37.3 Å². The van der Waals surface area contributed by atoms with Gasteiger partial charge in [0.2, 0.25) is 0 Å². The van der Waals surface area contributed by atoms with Gasteiger partial charge in [0.1, 0.15) is 5.82 Å². The highest BCUT2D eigenvalue weighted by Gasteiger charge is 2.13. The summed E-state index contributed by atoms with van der Waals surface area (Å²) < 4.78 is 1.67. The van der Waals surface area contributed by atoms with E-state index in [1.54, 1.807) is 4.68 Å². The van der Waals surface area contributed by atoms with Gasteiger partial charge < -0.3 is 0 Å². The molecule has 0 N–H and O–H groups in total. The second kappa shape index (κ2) is 4.34. The van der Waals surface area contributed by atoms with Gasteiger partial charge in [0.25, 0.3) is 0 Å². The number of benzene rings is 1. The van der Waals surface area contributed by atoms with Gasteiger partial charge in [-0.1, -0.05) is 41.9 Å². The molecule has 18 heavy (non-hydrogen) atoms. The minimum Gasteiger partial charge on any atom is -0.219 e. The third kappa shape index (κ3) is 1.73. The lowest BCUT2D eigenvalue weighted by Gasteiger charge is -2.02. The summed E-state index contributed by atoms with van der Waals surface area (Å²) in [5.41, 5.74) is 2.06. The quantitative estimate of drug-likeness (QED) is 0.663. The molecule has 6 heteroatoms. The van der Waals surface area contributed by atoms with E-state index < -0.39 is 0 Å². The van der Waals surface area contributed by atoms with Gasteiger partial charge in [-0.3, -0.25) is 0 Å². The van der Waals surface area contributed by atoms with Crippen LogP contribution in [0.15, 0.2) is 30.3 Å². The molecule has 0 aliphatic heterocycles. The van der Waals surface area contributed by atoms with Gasteiger partial charge >= 0.3 is 0 Å². The number of hydrogen-bond donors (Lipinski definition) is 0. The predicted molar refractivity (Wildman–Crippen MR) is 68.8 cm³/mol. The molecule has 0 unspecified atom stereocenters. The van der Waals surface area contributed by atoms with Crippen LogP contribution in [0.5, 0.6) is 0 Å². The summed E-state index contributed by atoms with van der Waals surface area (Å²) >= 11 is 6.07. The molecular formula is C12H10ClN5. The molecule has 5 nitrogen and oxygen atoms in total. The van der Waals surface area contributed by atoms with Crippen molar-refractivity contribution in [1.29, 1.82) is 0 Å². The van der Waals surface area contributed by atoms with Crippen LogP contribution < -0.4 is 0 Å². The van der Waals surface area contributed by atoms with Gasteiger partial charge in [-0.2, -0.15) is 4.68 Å². The molecule has 0 atom stereocenters. The Hall–Kier alpha value is -2.01. The van der Waals surface area contributed by atoms with E-state index >= 15 is 0 Å². The second-order valence-electron chi connectivity index (χ2n) is 3.79. The molecule has 0 amide bonds. The van der Waals surface area contributed by atoms with E-state index in [0.717, 1.165) is 12.1 Å². The summed E-state index contributed by atoms with van der Waals surface area (Å²) in [5.74, 6) is 0.687. The fraction of sp³-hybridized carbons (Fsp3) is 0.167. The first-order valence-corrected chi connectivity index (χ1v) is 6.00. The number of nitrogens with zero attached hydrogens (tertiary/aromatic N) is 5. The number of hydrogen-bond acceptors (Lipinski definition) is 4. The van der Waals surface area contributed by atoms with Crippen molar-refractivity contribution in [2.45, 2.75) is 13.3 Å². The zero-order valence-corrected chi connectivity index (χ0v) is 10.5. The maximum atomic E-state index is 6.07. The molecule has 2 aromatic heterocycles. The molecule has 0 fully saturated rings. The van der Waals surface area contributed by atoms with Crippen molar-refractivity contribution in [2.24, 2.45) is 0 Å². The fourth-order valence-corrected chi connectivity index (χ4v) is 1.95. The van der Waals surface area contributed by atoms with E-state index in [0.29, 0.717) is 22.1 Å². The van der Waals surface area contributed by atoms with Crippen LogP contribution in [0.25, 0.3) is 16.9 Å². The van der Waals surface area contributed by atoms with Crippen molar-refractivity contribution in [1.82, 2.24) is 25.0 Å². The van der Waals surface area contributed by atoms with E-state index in [-0.39, 0.29) is 0 Å². The predicted octanol–water partition coefficient (Wildman–Crippen LogP) is 2.43. The zero-order valence-electron chi connectivity index (χ0n) is 9.71. The van der Waals surface area contributed by atoms with Gasteiger partial charge in [-0.15, -0.1) is 5.10 Å². The Balaban J connectivity index is 2.28. The highest BCUT2D eigenvalue weighted by molar-refractivity contribution is 6.33. The lowest BCUT2D eigenvalue weighted by atomic mass is 10.3. The standard InChI is InChI=1S/C12H10ClN5/c1-2-9-14-11(13)10-12(15-9)18(17-16-10)8-6-4-3-5-7-8/h3-7H,2H2,1H3. The van der Waals surface area contributed by atoms with Crippen LogP contribution >= 0.6 is 11.6 Å². The van der Waals surface area contributed by atoms with Gasteiger partial charge in [0.15, 0.2) is 16.3 Å². The van der Waals surface area contributed by atoms with Gasteiger partial charge in [-0.05, 0) is 12.1 Å². The minimum atomic E-state index is 0.346. The van der Waals surface area contributed by atoms with Crippen LogP contribution in [0, 0.1) is 0 Å². The van der Waals surface area contributed by atoms with Crippen LogP contribution in [0.3, 0.4) is 0 Å². The Kier molecular flexibility index (Phi) is 2.68. The molecule has 1 aromatic carbocycles. The highest BCUT2D eigenvalue weighted by Crippen LogP contribution is 2.20. The van der Waals surface area contributed by atoms with Gasteiger partial charge in [-0.25, -0.2) is 9.97 Å². The van der Waals surface area contributed by atoms with E-state index in [1.165, 1.54) is 0 Å². The number of para-hydroxylation sites is 1. The second-order valence-corrected chi connectivity index (χ2v) is 4.15. The number of rotatable bonds is 2. The van der Waals surface area contributed by atoms with Crippen LogP contribution in [-0.2, 0) is 6.42 Å². The van der Waals surface area contributed by atoms with E-state index in [2.05, 4.69) is 20.3 Å².